The molecule has 4 rings (SSSR count). The summed E-state index contributed by atoms with van der Waals surface area (Å²) in [7, 11) is 0. The summed E-state index contributed by atoms with van der Waals surface area (Å²) in [5, 5.41) is 5.03. The highest BCUT2D eigenvalue weighted by molar-refractivity contribution is 7.10. The van der Waals surface area contributed by atoms with E-state index in [1.54, 1.807) is 17.4 Å². The number of carbonyl (C=O) groups is 1. The summed E-state index contributed by atoms with van der Waals surface area (Å²) in [6.45, 7) is 36.4. The first-order valence-electron chi connectivity index (χ1n) is 21.0. The van der Waals surface area contributed by atoms with E-state index in [1.807, 2.05) is 56.2 Å². The molecule has 1 amide bonds. The largest absolute Gasteiger partial charge is 0.416 e. The van der Waals surface area contributed by atoms with Crippen molar-refractivity contribution in [3.63, 3.8) is 0 Å². The molecule has 322 valence electrons. The Morgan fingerprint density at radius 1 is 0.965 bits per heavy atom. The smallest absolute Gasteiger partial charge is 0.378 e. The van der Waals surface area contributed by atoms with E-state index in [4.69, 9.17) is 4.74 Å². The van der Waals surface area contributed by atoms with Gasteiger partial charge in [-0.25, -0.2) is 0 Å². The van der Waals surface area contributed by atoms with E-state index in [1.165, 1.54) is 56.0 Å². The van der Waals surface area contributed by atoms with Crippen molar-refractivity contribution in [2.24, 2.45) is 0 Å². The van der Waals surface area contributed by atoms with Crippen LogP contribution in [0.25, 0.3) is 5.70 Å². The number of ether oxygens (including phenoxy) is 1. The maximum atomic E-state index is 13.2. The molecule has 0 radical (unpaired) electrons. The highest BCUT2D eigenvalue weighted by Gasteiger charge is 2.31. The van der Waals surface area contributed by atoms with Crippen LogP contribution in [0.1, 0.15) is 143 Å². The Hall–Kier alpha value is -3.40. The van der Waals surface area contributed by atoms with Crippen LogP contribution in [0, 0.1) is 0 Å². The average Bonchev–Trinajstić information content (AvgIpc) is 3.58. The molecule has 0 unspecified atom stereocenters. The first-order valence-corrected chi connectivity index (χ1v) is 21.8. The van der Waals surface area contributed by atoms with E-state index in [0.717, 1.165) is 46.9 Å². The monoisotopic (exact) mass is 816 g/mol. The third-order valence-corrected chi connectivity index (χ3v) is 9.96. The summed E-state index contributed by atoms with van der Waals surface area (Å²) >= 11 is 1.55. The lowest BCUT2D eigenvalue weighted by atomic mass is 10.0. The number of rotatable bonds is 12. The van der Waals surface area contributed by atoms with E-state index in [-0.39, 0.29) is 5.91 Å². The summed E-state index contributed by atoms with van der Waals surface area (Å²) in [6, 6.07) is 4.75. The predicted molar refractivity (Wildman–Crippen MR) is 243 cm³/mol. The van der Waals surface area contributed by atoms with Gasteiger partial charge in [0.15, 0.2) is 0 Å². The molecule has 1 saturated heterocycles. The van der Waals surface area contributed by atoms with Gasteiger partial charge in [-0.3, -0.25) is 9.69 Å². The van der Waals surface area contributed by atoms with Crippen molar-refractivity contribution < 1.29 is 22.7 Å². The fourth-order valence-electron chi connectivity index (χ4n) is 5.46. The molecule has 3 heterocycles. The lowest BCUT2D eigenvalue weighted by Gasteiger charge is -2.37. The molecule has 0 spiro atoms. The molecule has 1 fully saturated rings. The zero-order valence-electron chi connectivity index (χ0n) is 37.7. The van der Waals surface area contributed by atoms with Crippen LogP contribution >= 0.6 is 11.3 Å². The van der Waals surface area contributed by atoms with Crippen molar-refractivity contribution in [2.75, 3.05) is 38.2 Å². The molecule has 1 aromatic carbocycles. The van der Waals surface area contributed by atoms with E-state index in [2.05, 4.69) is 91.3 Å². The number of carbonyl (C=O) groups excluding carboxylic acids is 1. The minimum atomic E-state index is -4.40. The quantitative estimate of drug-likeness (QED) is 0.171. The maximum Gasteiger partial charge on any atom is 0.416 e. The average molecular weight is 816 g/mol. The standard InChI is InChI=1S/C23H25F3N2OS.C10H16.C9H19NO.2C3H8/c1-5-14(3)22(29)28-8-7-19-20(13-30-21(19)12-28)15(4)27-18-10-16(6-2)9-17(11-18)23(24,25)26;1-5-6-7-8-10(4)9(2)3;1-3-5-10(6-4-2)9-7-11-8-9;2*1-3-2/h5,9-11,13,27H,4,6-8,12H2,1-3H3;5-8H,1-4H3;9H,3-8H2,1-2H3;2*3H2,1-2H3/b14-5+;6-5-,8-7-;;;. The number of nitrogens with one attached hydrogen (secondary N) is 1. The molecule has 57 heavy (non-hydrogen) atoms. The first-order chi connectivity index (χ1) is 27.0. The number of aryl methyl sites for hydroxylation is 1. The molecule has 0 saturated carbocycles. The lowest BCUT2D eigenvalue weighted by Crippen LogP contribution is -2.49. The van der Waals surface area contributed by atoms with Crippen LogP contribution in [0.5, 0.6) is 0 Å². The summed E-state index contributed by atoms with van der Waals surface area (Å²) in [5.41, 5.74) is 6.35. The highest BCUT2D eigenvalue weighted by atomic mass is 32.1. The van der Waals surface area contributed by atoms with Gasteiger partial charge in [-0.2, -0.15) is 13.2 Å². The number of nitrogens with zero attached hydrogens (tertiary/aromatic N) is 2. The van der Waals surface area contributed by atoms with Gasteiger partial charge in [-0.05, 0) is 110 Å². The Labute approximate surface area is 349 Å². The van der Waals surface area contributed by atoms with Crippen molar-refractivity contribution in [2.45, 2.75) is 147 Å². The van der Waals surface area contributed by atoms with E-state index in [9.17, 15) is 18.0 Å². The number of amides is 1. The fourth-order valence-corrected chi connectivity index (χ4v) is 6.59. The molecule has 0 bridgehead atoms. The van der Waals surface area contributed by atoms with Crippen LogP contribution in [0.4, 0.5) is 18.9 Å². The molecule has 0 aliphatic carbocycles. The van der Waals surface area contributed by atoms with Crippen LogP contribution < -0.4 is 5.32 Å². The van der Waals surface area contributed by atoms with Gasteiger partial charge < -0.3 is 15.0 Å². The second kappa shape index (κ2) is 29.8. The zero-order valence-corrected chi connectivity index (χ0v) is 38.5. The minimum absolute atomic E-state index is 0.0334. The van der Waals surface area contributed by atoms with Gasteiger partial charge in [0.05, 0.1) is 31.4 Å². The number of anilines is 1. The third-order valence-electron chi connectivity index (χ3n) is 8.95. The van der Waals surface area contributed by atoms with Crippen molar-refractivity contribution >= 4 is 28.6 Å². The molecule has 1 aromatic heterocycles. The first kappa shape index (κ1) is 53.6. The maximum absolute atomic E-state index is 13.2. The molecule has 2 aliphatic rings. The normalized spacial score (nSPS) is 13.8. The zero-order chi connectivity index (χ0) is 43.6. The topological polar surface area (TPSA) is 44.8 Å². The van der Waals surface area contributed by atoms with Gasteiger partial charge in [-0.1, -0.05) is 109 Å². The molecule has 5 nitrogen and oxygen atoms in total. The number of allylic oxidation sites excluding steroid dienone is 7. The molecule has 0 atom stereocenters. The SMILES string of the molecule is C/C=C\C=C/C(C)=C(C)C.C=C(Nc1cc(CC)cc(C(F)(F)F)c1)c1csc2c1CCN(C(=O)/C(C)=C/C)C2.CCC.CCC.CCCN(CCC)C1COC1. The number of thiophene rings is 1. The Morgan fingerprint density at radius 3 is 2.02 bits per heavy atom. The number of benzene rings is 1. The number of hydrogen-bond acceptors (Lipinski definition) is 5. The van der Waals surface area contributed by atoms with Crippen LogP contribution in [0.15, 0.2) is 77.3 Å². The van der Waals surface area contributed by atoms with Crippen molar-refractivity contribution in [3.05, 3.63) is 104 Å². The molecule has 2 aliphatic heterocycles. The van der Waals surface area contributed by atoms with E-state index >= 15 is 0 Å². The Morgan fingerprint density at radius 2 is 1.56 bits per heavy atom. The van der Waals surface area contributed by atoms with Crippen molar-refractivity contribution in [3.8, 4) is 0 Å². The van der Waals surface area contributed by atoms with Crippen LogP contribution in [-0.4, -0.2) is 54.6 Å². The van der Waals surface area contributed by atoms with Gasteiger partial charge >= 0.3 is 6.18 Å². The van der Waals surface area contributed by atoms with E-state index < -0.39 is 11.7 Å². The number of alkyl halides is 3. The van der Waals surface area contributed by atoms with Crippen LogP contribution in [0.2, 0.25) is 0 Å². The second-order valence-corrected chi connectivity index (χ2v) is 15.5. The second-order valence-electron chi connectivity index (χ2n) is 14.6. The lowest BCUT2D eigenvalue weighted by molar-refractivity contribution is -0.137. The summed E-state index contributed by atoms with van der Waals surface area (Å²) in [4.78, 5) is 17.9. The summed E-state index contributed by atoms with van der Waals surface area (Å²) < 4.78 is 44.8. The Bertz CT molecular complexity index is 1570. The summed E-state index contributed by atoms with van der Waals surface area (Å²) in [6.07, 6.45) is 11.9. The number of hydrogen-bond donors (Lipinski definition) is 1. The minimum Gasteiger partial charge on any atom is -0.378 e. The molecular formula is C48H76F3N3O2S. The number of fused-ring (bicyclic) bond motifs is 1. The summed E-state index contributed by atoms with van der Waals surface area (Å²) in [5.74, 6) is 0.0334. The predicted octanol–water partition coefficient (Wildman–Crippen LogP) is 14.1. The molecule has 2 aromatic rings. The van der Waals surface area contributed by atoms with E-state index in [0.29, 0.717) is 42.9 Å². The van der Waals surface area contributed by atoms with Crippen LogP contribution in [-0.2, 0) is 35.1 Å². The molecule has 1 N–H and O–H groups in total. The van der Waals surface area contributed by atoms with Gasteiger partial charge in [0.1, 0.15) is 0 Å². The Balaban J connectivity index is 0.000000946. The van der Waals surface area contributed by atoms with Crippen molar-refractivity contribution in [1.29, 1.82) is 0 Å². The number of halogens is 3. The highest BCUT2D eigenvalue weighted by Crippen LogP contribution is 2.36. The van der Waals surface area contributed by atoms with Gasteiger partial charge in [0, 0.05) is 39.3 Å². The van der Waals surface area contributed by atoms with Gasteiger partial charge in [0.25, 0.3) is 0 Å². The Kier molecular flexibility index (Phi) is 28.0. The van der Waals surface area contributed by atoms with Gasteiger partial charge in [0.2, 0.25) is 5.91 Å². The third kappa shape index (κ3) is 20.2. The van der Waals surface area contributed by atoms with Crippen LogP contribution in [0.3, 0.4) is 0 Å². The van der Waals surface area contributed by atoms with Crippen molar-refractivity contribution in [1.82, 2.24) is 9.80 Å². The molecule has 9 heteroatoms. The van der Waals surface area contributed by atoms with Gasteiger partial charge in [-0.15, -0.1) is 11.3 Å². The fraction of sp³-hybridized carbons (Fsp3) is 0.562. The molecular weight excluding hydrogens is 740 g/mol.